The van der Waals surface area contributed by atoms with Crippen molar-refractivity contribution < 1.29 is 18.7 Å². The number of carbonyl (C=O) groups excluding carboxylic acids is 1. The summed E-state index contributed by atoms with van der Waals surface area (Å²) < 4.78 is 25.9. The number of methoxy groups -OCH3 is 1. The van der Waals surface area contributed by atoms with Gasteiger partial charge in [-0.25, -0.2) is 14.4 Å². The number of anilines is 3. The highest BCUT2D eigenvalue weighted by Crippen LogP contribution is 2.33. The van der Waals surface area contributed by atoms with Crippen LogP contribution >= 0.6 is 0 Å². The molecule has 4 rings (SSSR count). The van der Waals surface area contributed by atoms with Gasteiger partial charge in [-0.05, 0) is 31.9 Å². The summed E-state index contributed by atoms with van der Waals surface area (Å²) >= 11 is 0. The van der Waals surface area contributed by atoms with Gasteiger partial charge < -0.3 is 31.6 Å². The van der Waals surface area contributed by atoms with Gasteiger partial charge in [0.1, 0.15) is 11.9 Å². The summed E-state index contributed by atoms with van der Waals surface area (Å²) in [6, 6.07) is 8.41. The van der Waals surface area contributed by atoms with Crippen LogP contribution in [0, 0.1) is 5.82 Å². The zero-order valence-electron chi connectivity index (χ0n) is 19.9. The van der Waals surface area contributed by atoms with Crippen LogP contribution in [0.4, 0.5) is 21.7 Å². The van der Waals surface area contributed by atoms with Gasteiger partial charge in [0, 0.05) is 30.0 Å². The fourth-order valence-electron chi connectivity index (χ4n) is 4.33. The Morgan fingerprint density at radius 1 is 1.23 bits per heavy atom. The minimum absolute atomic E-state index is 0.0189. The lowest BCUT2D eigenvalue weighted by molar-refractivity contribution is 0.0901. The van der Waals surface area contributed by atoms with Gasteiger partial charge >= 0.3 is 0 Å². The van der Waals surface area contributed by atoms with Crippen LogP contribution in [0.5, 0.6) is 5.88 Å². The topological polar surface area (TPSA) is 137 Å². The Labute approximate surface area is 203 Å². The van der Waals surface area contributed by atoms with Crippen LogP contribution in [0.2, 0.25) is 0 Å². The van der Waals surface area contributed by atoms with Gasteiger partial charge in [0.25, 0.3) is 5.91 Å². The van der Waals surface area contributed by atoms with E-state index in [0.717, 1.165) is 42.5 Å². The highest BCUT2D eigenvalue weighted by atomic mass is 19.1. The number of aromatic nitrogens is 2. The third-order valence-corrected chi connectivity index (χ3v) is 6.11. The van der Waals surface area contributed by atoms with Crippen molar-refractivity contribution in [2.45, 2.75) is 50.8 Å². The Morgan fingerprint density at radius 3 is 2.69 bits per heavy atom. The smallest absolute Gasteiger partial charge is 0.252 e. The van der Waals surface area contributed by atoms with E-state index in [1.54, 1.807) is 13.3 Å². The second-order valence-corrected chi connectivity index (χ2v) is 8.81. The second kappa shape index (κ2) is 10.8. The van der Waals surface area contributed by atoms with Crippen LogP contribution < -0.4 is 26.8 Å². The second-order valence-electron chi connectivity index (χ2n) is 8.81. The van der Waals surface area contributed by atoms with Crippen molar-refractivity contribution in [1.82, 2.24) is 9.97 Å². The van der Waals surface area contributed by atoms with Crippen LogP contribution in [0.3, 0.4) is 0 Å². The predicted octanol–water partition coefficient (Wildman–Crippen LogP) is 3.71. The van der Waals surface area contributed by atoms with E-state index in [4.69, 9.17) is 20.9 Å². The van der Waals surface area contributed by atoms with Crippen LogP contribution in [0.25, 0.3) is 10.8 Å². The van der Waals surface area contributed by atoms with Crippen molar-refractivity contribution >= 4 is 34.0 Å². The molecular formula is C25H31FN6O3. The van der Waals surface area contributed by atoms with E-state index in [0.29, 0.717) is 18.2 Å². The maximum absolute atomic E-state index is 14.9. The molecule has 1 aromatic carbocycles. The lowest BCUT2D eigenvalue weighted by Gasteiger charge is -2.30. The molecule has 3 aromatic rings. The number of pyridine rings is 2. The first-order chi connectivity index (χ1) is 16.9. The van der Waals surface area contributed by atoms with Crippen LogP contribution in [0.15, 0.2) is 36.5 Å². The molecule has 1 aliphatic carbocycles. The largest absolute Gasteiger partial charge is 0.472 e. The number of nitrogens with zero attached hydrogens (tertiary/aromatic N) is 2. The monoisotopic (exact) mass is 482 g/mol. The fourth-order valence-corrected chi connectivity index (χ4v) is 4.33. The molecule has 2 heterocycles. The van der Waals surface area contributed by atoms with E-state index < -0.39 is 11.7 Å². The van der Waals surface area contributed by atoms with E-state index in [2.05, 4.69) is 20.6 Å². The molecule has 1 fully saturated rings. The first-order valence-corrected chi connectivity index (χ1v) is 11.7. The Bertz CT molecular complexity index is 1210. The third-order valence-electron chi connectivity index (χ3n) is 6.11. The Kier molecular flexibility index (Phi) is 7.62. The zero-order chi connectivity index (χ0) is 24.9. The molecule has 0 bridgehead atoms. The number of carbonyl (C=O) groups is 1. The maximum Gasteiger partial charge on any atom is 0.252 e. The summed E-state index contributed by atoms with van der Waals surface area (Å²) in [5, 5.41) is 7.79. The van der Waals surface area contributed by atoms with Crippen molar-refractivity contribution in [2.24, 2.45) is 11.5 Å². The third kappa shape index (κ3) is 5.60. The van der Waals surface area contributed by atoms with Crippen LogP contribution in [0.1, 0.15) is 43.0 Å². The number of amides is 1. The first-order valence-electron chi connectivity index (χ1n) is 11.7. The normalized spacial score (nSPS) is 18.7. The molecule has 1 amide bonds. The minimum Gasteiger partial charge on any atom is -0.472 e. The number of hydrogen-bond acceptors (Lipinski definition) is 8. The molecule has 0 aliphatic heterocycles. The minimum atomic E-state index is -0.801. The molecule has 0 radical (unpaired) electrons. The number of benzene rings is 1. The van der Waals surface area contributed by atoms with Crippen molar-refractivity contribution in [1.29, 1.82) is 0 Å². The molecule has 10 heteroatoms. The van der Waals surface area contributed by atoms with E-state index in [-0.39, 0.29) is 35.4 Å². The molecule has 0 spiro atoms. The fraction of sp³-hybridized carbons (Fsp3) is 0.400. The average molecular weight is 483 g/mol. The van der Waals surface area contributed by atoms with Gasteiger partial charge in [-0.1, -0.05) is 31.0 Å². The van der Waals surface area contributed by atoms with Gasteiger partial charge in [-0.3, -0.25) is 4.79 Å². The number of nitrogens with one attached hydrogen (secondary N) is 2. The van der Waals surface area contributed by atoms with Gasteiger partial charge in [0.15, 0.2) is 11.6 Å². The maximum atomic E-state index is 14.9. The molecule has 0 saturated heterocycles. The van der Waals surface area contributed by atoms with Crippen molar-refractivity contribution in [3.05, 3.63) is 47.9 Å². The summed E-state index contributed by atoms with van der Waals surface area (Å²) in [6.07, 6.45) is 5.12. The highest BCUT2D eigenvalue weighted by Gasteiger charge is 2.25. The Balaban J connectivity index is 1.69. The number of hydrogen-bond donors (Lipinski definition) is 4. The number of fused-ring (bicyclic) bond motifs is 1. The summed E-state index contributed by atoms with van der Waals surface area (Å²) in [7, 11) is 1.61. The molecule has 2 aromatic heterocycles. The molecule has 9 nitrogen and oxygen atoms in total. The molecular weight excluding hydrogens is 451 g/mol. The van der Waals surface area contributed by atoms with Crippen molar-refractivity contribution in [3.8, 4) is 5.88 Å². The summed E-state index contributed by atoms with van der Waals surface area (Å²) in [6.45, 7) is 2.30. The van der Waals surface area contributed by atoms with Crippen LogP contribution in [-0.2, 0) is 4.74 Å². The lowest BCUT2D eigenvalue weighted by atomic mass is 9.91. The zero-order valence-corrected chi connectivity index (χ0v) is 19.9. The number of primary amides is 1. The van der Waals surface area contributed by atoms with E-state index in [1.807, 2.05) is 31.2 Å². The predicted molar refractivity (Wildman–Crippen MR) is 134 cm³/mol. The lowest BCUT2D eigenvalue weighted by Crippen LogP contribution is -2.43. The van der Waals surface area contributed by atoms with E-state index >= 15 is 0 Å². The van der Waals surface area contributed by atoms with Gasteiger partial charge in [0.2, 0.25) is 5.88 Å². The van der Waals surface area contributed by atoms with Crippen molar-refractivity contribution in [2.75, 3.05) is 24.4 Å². The standard InChI is InChI=1S/C25H31FN6O3/c1-14(13-34-2)35-25-16-8-4-3-7-15(16)21(12-29-25)31-23-17(22(28)33)11-18(26)24(32-23)30-20-10-6-5-9-19(20)27/h3-4,7-8,11-12,14,19-20H,5-6,9-10,13,27H2,1-2H3,(H2,28,33)(H2,30,31,32). The SMILES string of the molecule is COCC(C)Oc1ncc(Nc2nc(NC3CCCCC3N)c(F)cc2C(N)=O)c2ccccc12. The number of halogens is 1. The molecule has 1 aliphatic rings. The first kappa shape index (κ1) is 24.6. The summed E-state index contributed by atoms with van der Waals surface area (Å²) in [5.41, 5.74) is 12.2. The highest BCUT2D eigenvalue weighted by molar-refractivity contribution is 6.02. The molecule has 3 atom stereocenters. The van der Waals surface area contributed by atoms with Crippen LogP contribution in [-0.4, -0.2) is 47.8 Å². The van der Waals surface area contributed by atoms with Gasteiger partial charge in [-0.15, -0.1) is 0 Å². The summed E-state index contributed by atoms with van der Waals surface area (Å²) in [5.74, 6) is -0.873. The van der Waals surface area contributed by atoms with Gasteiger partial charge in [0.05, 0.1) is 24.1 Å². The molecule has 3 unspecified atom stereocenters. The molecule has 35 heavy (non-hydrogen) atoms. The summed E-state index contributed by atoms with van der Waals surface area (Å²) in [4.78, 5) is 20.9. The quantitative estimate of drug-likeness (QED) is 0.362. The number of nitrogens with two attached hydrogens (primary N) is 2. The average Bonchev–Trinajstić information content (AvgIpc) is 2.84. The van der Waals surface area contributed by atoms with E-state index in [9.17, 15) is 9.18 Å². The molecule has 6 N–H and O–H groups in total. The van der Waals surface area contributed by atoms with Crippen molar-refractivity contribution in [3.63, 3.8) is 0 Å². The Morgan fingerprint density at radius 2 is 1.97 bits per heavy atom. The Hall–Kier alpha value is -3.50. The number of rotatable bonds is 9. The number of ether oxygens (including phenoxy) is 2. The molecule has 1 saturated carbocycles. The molecule has 186 valence electrons. The van der Waals surface area contributed by atoms with Gasteiger partial charge in [-0.2, -0.15) is 0 Å². The van der Waals surface area contributed by atoms with E-state index in [1.165, 1.54) is 0 Å².